The van der Waals surface area contributed by atoms with Gasteiger partial charge in [-0.2, -0.15) is 9.66 Å². The Morgan fingerprint density at radius 3 is 2.72 bits per heavy atom. The lowest BCUT2D eigenvalue weighted by molar-refractivity contribution is -0.468. The molecule has 25 heavy (non-hydrogen) atoms. The van der Waals surface area contributed by atoms with Gasteiger partial charge in [-0.05, 0) is 55.7 Å². The van der Waals surface area contributed by atoms with Crippen LogP contribution in [-0.4, -0.2) is 18.1 Å². The van der Waals surface area contributed by atoms with Crippen molar-refractivity contribution in [3.63, 3.8) is 0 Å². The first-order valence-electron chi connectivity index (χ1n) is 9.43. The first kappa shape index (κ1) is 14.8. The van der Waals surface area contributed by atoms with Crippen LogP contribution in [0.3, 0.4) is 0 Å². The van der Waals surface area contributed by atoms with Crippen LogP contribution in [0.4, 0.5) is 5.82 Å². The third kappa shape index (κ3) is 2.08. The second kappa shape index (κ2) is 5.49. The third-order valence-electron chi connectivity index (χ3n) is 6.05. The van der Waals surface area contributed by atoms with E-state index in [0.29, 0.717) is 0 Å². The number of benzene rings is 1. The average molecular weight is 331 g/mol. The minimum absolute atomic E-state index is 0.811. The number of pyridine rings is 1. The molecule has 3 aromatic rings. The molecule has 4 nitrogen and oxygen atoms in total. The van der Waals surface area contributed by atoms with E-state index >= 15 is 0 Å². The van der Waals surface area contributed by atoms with Gasteiger partial charge in [-0.25, -0.2) is 0 Å². The van der Waals surface area contributed by atoms with Crippen molar-refractivity contribution < 1.29 is 4.40 Å². The Bertz CT molecular complexity index is 1020. The molecule has 1 aliphatic carbocycles. The van der Waals surface area contributed by atoms with Gasteiger partial charge in [0.1, 0.15) is 22.7 Å². The van der Waals surface area contributed by atoms with Gasteiger partial charge >= 0.3 is 0 Å². The Balaban J connectivity index is 1.87. The number of nitriles is 1. The van der Waals surface area contributed by atoms with E-state index in [1.165, 1.54) is 35.3 Å². The quantitative estimate of drug-likeness (QED) is 0.694. The molecule has 1 N–H and O–H groups in total. The maximum absolute atomic E-state index is 9.86. The number of para-hydroxylation sites is 2. The first-order chi connectivity index (χ1) is 12.3. The average Bonchev–Trinajstić information content (AvgIpc) is 3.25. The lowest BCUT2D eigenvalue weighted by atomic mass is 9.98. The molecule has 0 atom stereocenters. The Labute approximate surface area is 147 Å². The summed E-state index contributed by atoms with van der Waals surface area (Å²) in [5.41, 5.74) is 6.79. The van der Waals surface area contributed by atoms with Gasteiger partial charge in [0.25, 0.3) is 0 Å². The molecule has 3 heterocycles. The van der Waals surface area contributed by atoms with E-state index < -0.39 is 0 Å². The van der Waals surface area contributed by atoms with Crippen LogP contribution in [0.25, 0.3) is 16.7 Å². The maximum Gasteiger partial charge on any atom is 0.250 e. The minimum Gasteiger partial charge on any atom is -0.292 e. The second-order valence-electron chi connectivity index (χ2n) is 7.62. The van der Waals surface area contributed by atoms with E-state index in [9.17, 15) is 5.26 Å². The number of anilines is 1. The zero-order chi connectivity index (χ0) is 17.0. The van der Waals surface area contributed by atoms with E-state index in [2.05, 4.69) is 51.5 Å². The van der Waals surface area contributed by atoms with Gasteiger partial charge in [-0.1, -0.05) is 19.1 Å². The molecular formula is C21H23N4+. The summed E-state index contributed by atoms with van der Waals surface area (Å²) >= 11 is 0. The molecule has 2 aromatic heterocycles. The highest BCUT2D eigenvalue weighted by atomic mass is 15.2. The number of fused-ring (bicyclic) bond motifs is 4. The van der Waals surface area contributed by atoms with Gasteiger partial charge in [-0.15, -0.1) is 0 Å². The summed E-state index contributed by atoms with van der Waals surface area (Å²) in [7, 11) is 0. The molecule has 1 aliphatic heterocycles. The fourth-order valence-electron chi connectivity index (χ4n) is 4.69. The molecular weight excluding hydrogens is 308 g/mol. The number of hydrogen-bond donors (Lipinski definition) is 1. The molecule has 1 saturated heterocycles. The molecule has 2 aliphatic rings. The number of imidazole rings is 1. The van der Waals surface area contributed by atoms with E-state index in [4.69, 9.17) is 0 Å². The topological polar surface area (TPSA) is 46.9 Å². The second-order valence-corrected chi connectivity index (χ2v) is 7.62. The van der Waals surface area contributed by atoms with E-state index in [1.54, 1.807) is 0 Å². The summed E-state index contributed by atoms with van der Waals surface area (Å²) in [6.07, 6.45) is 5.78. The van der Waals surface area contributed by atoms with Crippen molar-refractivity contribution in [2.45, 2.75) is 39.0 Å². The molecule has 4 heteroatoms. The van der Waals surface area contributed by atoms with Crippen LogP contribution in [0.15, 0.2) is 24.3 Å². The number of H-pyrrole nitrogens is 1. The zero-order valence-corrected chi connectivity index (χ0v) is 14.7. The fraction of sp³-hybridized carbons (Fsp3) is 0.429. The van der Waals surface area contributed by atoms with Gasteiger partial charge < -0.3 is 0 Å². The van der Waals surface area contributed by atoms with Crippen molar-refractivity contribution in [1.82, 2.24) is 4.98 Å². The Morgan fingerprint density at radius 2 is 1.92 bits per heavy atom. The SMILES string of the molecule is CC1CCN(c2c3c(c(C#N)c4[nH]c5ccccc5[n+]24)CCC3)CC1. The summed E-state index contributed by atoms with van der Waals surface area (Å²) in [6, 6.07) is 10.9. The van der Waals surface area contributed by atoms with Crippen LogP contribution in [0.2, 0.25) is 0 Å². The fourth-order valence-corrected chi connectivity index (χ4v) is 4.69. The zero-order valence-electron chi connectivity index (χ0n) is 14.7. The highest BCUT2D eigenvalue weighted by Crippen LogP contribution is 2.35. The summed E-state index contributed by atoms with van der Waals surface area (Å²) in [4.78, 5) is 6.10. The van der Waals surface area contributed by atoms with Crippen molar-refractivity contribution in [3.8, 4) is 6.07 Å². The van der Waals surface area contributed by atoms with Crippen LogP contribution in [-0.2, 0) is 12.8 Å². The highest BCUT2D eigenvalue weighted by molar-refractivity contribution is 5.78. The minimum atomic E-state index is 0.811. The number of aromatic nitrogens is 2. The van der Waals surface area contributed by atoms with Crippen molar-refractivity contribution in [2.75, 3.05) is 18.0 Å². The van der Waals surface area contributed by atoms with Gasteiger partial charge in [-0.3, -0.25) is 9.88 Å². The molecule has 1 fully saturated rings. The van der Waals surface area contributed by atoms with Crippen LogP contribution in [0.1, 0.15) is 42.9 Å². The van der Waals surface area contributed by atoms with Crippen molar-refractivity contribution in [2.24, 2.45) is 5.92 Å². The van der Waals surface area contributed by atoms with Crippen LogP contribution in [0, 0.1) is 17.2 Å². The van der Waals surface area contributed by atoms with Crippen molar-refractivity contribution in [1.29, 1.82) is 5.26 Å². The summed E-state index contributed by atoms with van der Waals surface area (Å²) in [5, 5.41) is 9.86. The molecule has 0 unspecified atom stereocenters. The first-order valence-corrected chi connectivity index (χ1v) is 9.43. The Morgan fingerprint density at radius 1 is 1.16 bits per heavy atom. The largest absolute Gasteiger partial charge is 0.292 e. The smallest absolute Gasteiger partial charge is 0.250 e. The van der Waals surface area contributed by atoms with Gasteiger partial charge in [0, 0.05) is 5.56 Å². The summed E-state index contributed by atoms with van der Waals surface area (Å²) in [6.45, 7) is 4.58. The third-order valence-corrected chi connectivity index (χ3v) is 6.05. The Hall–Kier alpha value is -2.54. The maximum atomic E-state index is 9.86. The molecule has 0 radical (unpaired) electrons. The number of aromatic amines is 1. The molecule has 0 amide bonds. The lowest BCUT2D eigenvalue weighted by Crippen LogP contribution is -2.41. The van der Waals surface area contributed by atoms with Crippen LogP contribution >= 0.6 is 0 Å². The number of nitrogens with one attached hydrogen (secondary N) is 1. The number of nitrogens with zero attached hydrogens (tertiary/aromatic N) is 3. The molecule has 1 aromatic carbocycles. The molecule has 126 valence electrons. The monoisotopic (exact) mass is 331 g/mol. The lowest BCUT2D eigenvalue weighted by Gasteiger charge is -2.29. The van der Waals surface area contributed by atoms with Gasteiger partial charge in [0.15, 0.2) is 0 Å². The van der Waals surface area contributed by atoms with Gasteiger partial charge in [0.2, 0.25) is 11.5 Å². The van der Waals surface area contributed by atoms with Crippen molar-refractivity contribution in [3.05, 3.63) is 41.0 Å². The van der Waals surface area contributed by atoms with Crippen molar-refractivity contribution >= 4 is 22.5 Å². The molecule has 0 saturated carbocycles. The van der Waals surface area contributed by atoms with Crippen LogP contribution in [0.5, 0.6) is 0 Å². The summed E-state index contributed by atoms with van der Waals surface area (Å²) in [5.74, 6) is 2.15. The Kier molecular flexibility index (Phi) is 3.24. The predicted octanol–water partition coefficient (Wildman–Crippen LogP) is 3.50. The molecule has 0 bridgehead atoms. The summed E-state index contributed by atoms with van der Waals surface area (Å²) < 4.78 is 2.33. The number of hydrogen-bond acceptors (Lipinski definition) is 2. The van der Waals surface area contributed by atoms with E-state index in [1.807, 2.05) is 0 Å². The standard InChI is InChI=1S/C21H22N4/c1-14-9-11-24(12-10-14)21-16-6-4-5-15(16)17(13-22)20-23-18-7-2-3-8-19(18)25(20)21/h2-3,7-8,14H,4-6,9-12H2,1H3/p+1. The predicted molar refractivity (Wildman–Crippen MR) is 98.8 cm³/mol. The normalized spacial score (nSPS) is 18.0. The highest BCUT2D eigenvalue weighted by Gasteiger charge is 2.34. The number of rotatable bonds is 1. The van der Waals surface area contributed by atoms with Crippen LogP contribution < -0.4 is 9.30 Å². The van der Waals surface area contributed by atoms with E-state index in [0.717, 1.165) is 55.0 Å². The number of piperidine rings is 1. The van der Waals surface area contributed by atoms with Gasteiger partial charge in [0.05, 0.1) is 13.1 Å². The van der Waals surface area contributed by atoms with E-state index in [-0.39, 0.29) is 0 Å². The molecule has 0 spiro atoms. The molecule has 5 rings (SSSR count).